The van der Waals surface area contributed by atoms with Crippen LogP contribution in [0.25, 0.3) is 11.0 Å². The normalized spacial score (nSPS) is 10.8. The Morgan fingerprint density at radius 2 is 2.04 bits per heavy atom. The Kier molecular flexibility index (Phi) is 5.90. The molecular weight excluding hydrogens is 347 g/mol. The van der Waals surface area contributed by atoms with Crippen LogP contribution >= 0.6 is 0 Å². The molecule has 3 rings (SSSR count). The number of benzene rings is 2. The quantitative estimate of drug-likeness (QED) is 0.661. The fourth-order valence-corrected chi connectivity index (χ4v) is 2.98. The Balaban J connectivity index is 1.57. The Morgan fingerprint density at radius 3 is 2.78 bits per heavy atom. The predicted molar refractivity (Wildman–Crippen MR) is 104 cm³/mol. The molecule has 2 amide bonds. The number of carbonyl (C=O) groups excluding carboxylic acids is 1. The molecule has 0 bridgehead atoms. The predicted octanol–water partition coefficient (Wildman–Crippen LogP) is 3.96. The van der Waals surface area contributed by atoms with Crippen LogP contribution in [0.5, 0.6) is 5.75 Å². The molecule has 27 heavy (non-hydrogen) atoms. The van der Waals surface area contributed by atoms with E-state index >= 15 is 0 Å². The van der Waals surface area contributed by atoms with E-state index in [2.05, 4.69) is 27.1 Å². The summed E-state index contributed by atoms with van der Waals surface area (Å²) in [5.41, 5.74) is 2.13. The lowest BCUT2D eigenvalue weighted by molar-refractivity contribution is 0.252. The molecule has 0 atom stereocenters. The number of hydrogen-bond donors (Lipinski definition) is 2. The molecule has 0 unspecified atom stereocenters. The van der Waals surface area contributed by atoms with Gasteiger partial charge in [-0.05, 0) is 38.1 Å². The molecule has 2 aromatic carbocycles. The van der Waals surface area contributed by atoms with E-state index in [0.717, 1.165) is 23.4 Å². The molecule has 1 heterocycles. The molecule has 3 aromatic rings. The van der Waals surface area contributed by atoms with Crippen LogP contribution < -0.4 is 15.4 Å². The third kappa shape index (κ3) is 4.36. The van der Waals surface area contributed by atoms with E-state index in [9.17, 15) is 9.18 Å². The maximum atomic E-state index is 14.0. The molecule has 0 spiro atoms. The molecule has 0 aliphatic heterocycles. The van der Waals surface area contributed by atoms with Crippen LogP contribution in [-0.4, -0.2) is 28.7 Å². The van der Waals surface area contributed by atoms with Gasteiger partial charge < -0.3 is 19.9 Å². The maximum Gasteiger partial charge on any atom is 0.319 e. The van der Waals surface area contributed by atoms with Crippen molar-refractivity contribution >= 4 is 22.8 Å². The van der Waals surface area contributed by atoms with E-state index in [1.54, 1.807) is 6.07 Å². The Hall–Kier alpha value is -3.09. The monoisotopic (exact) mass is 370 g/mol. The van der Waals surface area contributed by atoms with Gasteiger partial charge in [0.15, 0.2) is 0 Å². The van der Waals surface area contributed by atoms with E-state index in [1.807, 2.05) is 31.2 Å². The largest absolute Gasteiger partial charge is 0.494 e. The first-order valence-corrected chi connectivity index (χ1v) is 9.03. The van der Waals surface area contributed by atoms with Gasteiger partial charge in [0.2, 0.25) is 0 Å². The Morgan fingerprint density at radius 1 is 1.22 bits per heavy atom. The van der Waals surface area contributed by atoms with Gasteiger partial charge >= 0.3 is 6.03 Å². The third-order valence-corrected chi connectivity index (χ3v) is 4.18. The first-order valence-electron chi connectivity index (χ1n) is 9.03. The molecule has 142 valence electrons. The van der Waals surface area contributed by atoms with Crippen molar-refractivity contribution in [1.82, 2.24) is 14.9 Å². The van der Waals surface area contributed by atoms with Crippen molar-refractivity contribution < 1.29 is 13.9 Å². The van der Waals surface area contributed by atoms with Gasteiger partial charge in [0, 0.05) is 25.6 Å². The second kappa shape index (κ2) is 8.53. The number of para-hydroxylation sites is 2. The van der Waals surface area contributed by atoms with Crippen molar-refractivity contribution in [3.63, 3.8) is 0 Å². The Labute approximate surface area is 157 Å². The molecule has 0 aliphatic rings. The lowest BCUT2D eigenvalue weighted by atomic mass is 10.3. The van der Waals surface area contributed by atoms with Crippen LogP contribution in [0.15, 0.2) is 42.5 Å². The van der Waals surface area contributed by atoms with E-state index in [4.69, 9.17) is 4.74 Å². The lowest BCUT2D eigenvalue weighted by Crippen LogP contribution is -2.31. The summed E-state index contributed by atoms with van der Waals surface area (Å²) in [6.45, 7) is 5.54. The van der Waals surface area contributed by atoms with E-state index in [0.29, 0.717) is 25.3 Å². The van der Waals surface area contributed by atoms with Crippen molar-refractivity contribution in [3.05, 3.63) is 54.1 Å². The van der Waals surface area contributed by atoms with Crippen LogP contribution in [0.2, 0.25) is 0 Å². The van der Waals surface area contributed by atoms with Crippen LogP contribution in [0.1, 0.15) is 19.7 Å². The number of nitrogens with zero attached hydrogens (tertiary/aromatic N) is 2. The van der Waals surface area contributed by atoms with Crippen molar-refractivity contribution in [2.24, 2.45) is 0 Å². The summed E-state index contributed by atoms with van der Waals surface area (Å²) in [6, 6.07) is 11.8. The second-order valence-electron chi connectivity index (χ2n) is 5.97. The zero-order chi connectivity index (χ0) is 19.2. The van der Waals surface area contributed by atoms with Gasteiger partial charge in [-0.25, -0.2) is 14.2 Å². The zero-order valence-corrected chi connectivity index (χ0v) is 15.5. The minimum absolute atomic E-state index is 0.108. The number of ether oxygens (including phenoxy) is 1. The van der Waals surface area contributed by atoms with Gasteiger partial charge in [-0.1, -0.05) is 12.1 Å². The summed E-state index contributed by atoms with van der Waals surface area (Å²) < 4.78 is 21.4. The van der Waals surface area contributed by atoms with Crippen molar-refractivity contribution in [2.45, 2.75) is 26.8 Å². The van der Waals surface area contributed by atoms with Crippen LogP contribution in [0, 0.1) is 5.82 Å². The molecule has 0 saturated carbocycles. The summed E-state index contributed by atoms with van der Waals surface area (Å²) >= 11 is 0. The number of carbonyl (C=O) groups is 1. The molecule has 7 heteroatoms. The summed E-state index contributed by atoms with van der Waals surface area (Å²) in [4.78, 5) is 16.7. The standard InChI is InChI=1S/C20H23FN4O2/c1-3-25-18-8-6-5-7-17(18)23-19(25)11-12-22-20(26)24-16-10-9-14(27-4-2)13-15(16)21/h5-10,13H,3-4,11-12H2,1-2H3,(H2,22,24,26). The van der Waals surface area contributed by atoms with Gasteiger partial charge in [0.25, 0.3) is 0 Å². The number of anilines is 1. The first-order chi connectivity index (χ1) is 13.1. The molecule has 2 N–H and O–H groups in total. The number of halogens is 1. The van der Waals surface area contributed by atoms with Gasteiger partial charge in [-0.3, -0.25) is 0 Å². The average Bonchev–Trinajstić information content (AvgIpc) is 3.01. The number of aryl methyl sites for hydroxylation is 1. The van der Waals surface area contributed by atoms with E-state index in [-0.39, 0.29) is 5.69 Å². The fourth-order valence-electron chi connectivity index (χ4n) is 2.98. The number of imidazole rings is 1. The number of rotatable bonds is 7. The highest BCUT2D eigenvalue weighted by molar-refractivity contribution is 5.89. The first kappa shape index (κ1) is 18.7. The molecule has 0 radical (unpaired) electrons. The SMILES string of the molecule is CCOc1ccc(NC(=O)NCCc2nc3ccccc3n2CC)c(F)c1. The zero-order valence-electron chi connectivity index (χ0n) is 15.5. The van der Waals surface area contributed by atoms with Crippen LogP contribution in [0.3, 0.4) is 0 Å². The highest BCUT2D eigenvalue weighted by Crippen LogP contribution is 2.20. The molecule has 0 fully saturated rings. The van der Waals surface area contributed by atoms with Crippen molar-refractivity contribution in [2.75, 3.05) is 18.5 Å². The topological polar surface area (TPSA) is 68.2 Å². The van der Waals surface area contributed by atoms with Crippen molar-refractivity contribution in [3.8, 4) is 5.75 Å². The smallest absolute Gasteiger partial charge is 0.319 e. The summed E-state index contributed by atoms with van der Waals surface area (Å²) in [5, 5.41) is 5.25. The second-order valence-corrected chi connectivity index (χ2v) is 5.97. The Bertz CT molecular complexity index is 939. The minimum Gasteiger partial charge on any atom is -0.494 e. The van der Waals surface area contributed by atoms with E-state index < -0.39 is 11.8 Å². The fraction of sp³-hybridized carbons (Fsp3) is 0.300. The number of fused-ring (bicyclic) bond motifs is 1. The molecule has 6 nitrogen and oxygen atoms in total. The number of amides is 2. The van der Waals surface area contributed by atoms with Gasteiger partial charge in [0.1, 0.15) is 17.4 Å². The molecule has 1 aromatic heterocycles. The van der Waals surface area contributed by atoms with Crippen molar-refractivity contribution in [1.29, 1.82) is 0 Å². The number of nitrogens with one attached hydrogen (secondary N) is 2. The van der Waals surface area contributed by atoms with Crippen LogP contribution in [0.4, 0.5) is 14.9 Å². The van der Waals surface area contributed by atoms with E-state index in [1.165, 1.54) is 12.1 Å². The molecule has 0 aliphatic carbocycles. The summed E-state index contributed by atoms with van der Waals surface area (Å²) in [5.74, 6) is 0.801. The third-order valence-electron chi connectivity index (χ3n) is 4.18. The number of hydrogen-bond acceptors (Lipinski definition) is 3. The lowest BCUT2D eigenvalue weighted by Gasteiger charge is -2.10. The number of urea groups is 1. The summed E-state index contributed by atoms with van der Waals surface area (Å²) in [7, 11) is 0. The average molecular weight is 370 g/mol. The molecular formula is C20H23FN4O2. The van der Waals surface area contributed by atoms with Crippen LogP contribution in [-0.2, 0) is 13.0 Å². The van der Waals surface area contributed by atoms with Gasteiger partial charge in [-0.15, -0.1) is 0 Å². The minimum atomic E-state index is -0.538. The van der Waals surface area contributed by atoms with Gasteiger partial charge in [-0.2, -0.15) is 0 Å². The maximum absolute atomic E-state index is 14.0. The number of aromatic nitrogens is 2. The summed E-state index contributed by atoms with van der Waals surface area (Å²) in [6.07, 6.45) is 0.585. The highest BCUT2D eigenvalue weighted by Gasteiger charge is 2.11. The van der Waals surface area contributed by atoms with Gasteiger partial charge in [0.05, 0.1) is 23.3 Å². The highest BCUT2D eigenvalue weighted by atomic mass is 19.1. The molecule has 0 saturated heterocycles.